The molecule has 4 aromatic rings. The molecule has 1 fully saturated rings. The smallest absolute Gasteiger partial charge is 0.186 e. The Morgan fingerprint density at radius 1 is 0.850 bits per heavy atom. The lowest BCUT2D eigenvalue weighted by Crippen LogP contribution is -2.48. The number of rotatable bonds is 4. The molecule has 4 aromatic carbocycles. The Morgan fingerprint density at radius 3 is 2.25 bits per heavy atom. The molecule has 0 saturated carbocycles. The third kappa shape index (κ3) is 3.24. The van der Waals surface area contributed by atoms with Crippen LogP contribution < -0.4 is 9.64 Å². The number of benzene rings is 4. The zero-order chi connectivity index (χ0) is 27.6. The van der Waals surface area contributed by atoms with Crippen LogP contribution in [0.2, 0.25) is 5.02 Å². The third-order valence-electron chi connectivity index (χ3n) is 8.55. The average Bonchev–Trinajstić information content (AvgIpc) is 3.43. The van der Waals surface area contributed by atoms with E-state index >= 15 is 0 Å². The molecular formula is C34H24ClNO4. The van der Waals surface area contributed by atoms with Gasteiger partial charge in [-0.2, -0.15) is 0 Å². The van der Waals surface area contributed by atoms with Gasteiger partial charge in [-0.25, -0.2) is 0 Å². The second-order valence-corrected chi connectivity index (χ2v) is 10.9. The van der Waals surface area contributed by atoms with E-state index in [2.05, 4.69) is 0 Å². The molecule has 2 heterocycles. The third-order valence-corrected chi connectivity index (χ3v) is 8.78. The van der Waals surface area contributed by atoms with Gasteiger partial charge in [0.1, 0.15) is 17.2 Å². The van der Waals surface area contributed by atoms with Crippen LogP contribution in [-0.2, 0) is 0 Å². The standard InChI is InChI=1S/C34H24ClNO4/c1-40-24-11-7-10-22(19-24)31(37)30-29(20-8-3-2-4-9-20)34(32(38)25-12-5-6-13-26(25)33(34)39)28-17-14-21-18-23(35)15-16-27(21)36(28)30/h2-19,28-30H,1H3/t28?,29-,30+/m1/s1. The average molecular weight is 546 g/mol. The SMILES string of the molecule is COc1cccc(C(=O)[C@@H]2[C@@H](c3ccccc3)C3(C(=O)c4ccccc4C3=O)C3C=Cc4cc(Cl)ccc4N32)c1. The van der Waals surface area contributed by atoms with E-state index in [-0.39, 0.29) is 17.3 Å². The molecule has 0 radical (unpaired) electrons. The quantitative estimate of drug-likeness (QED) is 0.212. The van der Waals surface area contributed by atoms with Crippen molar-refractivity contribution in [2.45, 2.75) is 18.0 Å². The van der Waals surface area contributed by atoms with Gasteiger partial charge < -0.3 is 9.64 Å². The Balaban J connectivity index is 1.54. The lowest BCUT2D eigenvalue weighted by Gasteiger charge is -2.37. The molecule has 0 N–H and O–H groups in total. The number of anilines is 1. The fourth-order valence-corrected chi connectivity index (χ4v) is 7.11. The predicted molar refractivity (Wildman–Crippen MR) is 155 cm³/mol. The number of fused-ring (bicyclic) bond motifs is 5. The molecule has 1 spiro atoms. The first-order chi connectivity index (χ1) is 19.5. The first-order valence-corrected chi connectivity index (χ1v) is 13.5. The molecule has 1 saturated heterocycles. The van der Waals surface area contributed by atoms with Crippen molar-refractivity contribution in [2.75, 3.05) is 12.0 Å². The second kappa shape index (κ2) is 9.04. The van der Waals surface area contributed by atoms with E-state index in [0.717, 1.165) is 16.8 Å². The minimum absolute atomic E-state index is 0.192. The summed E-state index contributed by atoms with van der Waals surface area (Å²) in [6.07, 6.45) is 3.81. The van der Waals surface area contributed by atoms with Gasteiger partial charge in [-0.15, -0.1) is 0 Å². The van der Waals surface area contributed by atoms with Crippen molar-refractivity contribution in [3.05, 3.63) is 136 Å². The van der Waals surface area contributed by atoms with Crippen LogP contribution in [0.3, 0.4) is 0 Å². The zero-order valence-electron chi connectivity index (χ0n) is 21.6. The Hall–Kier alpha value is -4.48. The molecule has 6 heteroatoms. The number of carbonyl (C=O) groups is 3. The summed E-state index contributed by atoms with van der Waals surface area (Å²) in [5.41, 5.74) is 2.06. The van der Waals surface area contributed by atoms with Crippen molar-refractivity contribution in [1.82, 2.24) is 0 Å². The van der Waals surface area contributed by atoms with Gasteiger partial charge in [-0.05, 0) is 41.5 Å². The van der Waals surface area contributed by atoms with Gasteiger partial charge in [-0.1, -0.05) is 90.5 Å². The Kier molecular flexibility index (Phi) is 5.55. The maximum Gasteiger partial charge on any atom is 0.186 e. The summed E-state index contributed by atoms with van der Waals surface area (Å²) in [5, 5.41) is 0.562. The van der Waals surface area contributed by atoms with E-state index in [1.807, 2.05) is 59.5 Å². The topological polar surface area (TPSA) is 63.7 Å². The van der Waals surface area contributed by atoms with Gasteiger partial charge in [-0.3, -0.25) is 14.4 Å². The van der Waals surface area contributed by atoms with E-state index in [1.54, 1.807) is 61.7 Å². The van der Waals surface area contributed by atoms with E-state index in [0.29, 0.717) is 27.5 Å². The van der Waals surface area contributed by atoms with Crippen LogP contribution in [0.4, 0.5) is 5.69 Å². The Morgan fingerprint density at radius 2 is 1.55 bits per heavy atom. The van der Waals surface area contributed by atoms with Crippen molar-refractivity contribution in [3.63, 3.8) is 0 Å². The van der Waals surface area contributed by atoms with Gasteiger partial charge in [0.2, 0.25) is 0 Å². The first-order valence-electron chi connectivity index (χ1n) is 13.1. The number of nitrogens with zero attached hydrogens (tertiary/aromatic N) is 1. The van der Waals surface area contributed by atoms with Crippen LogP contribution in [0, 0.1) is 5.41 Å². The van der Waals surface area contributed by atoms with Crippen molar-refractivity contribution < 1.29 is 19.1 Å². The molecule has 1 aliphatic carbocycles. The van der Waals surface area contributed by atoms with E-state index in [1.165, 1.54) is 0 Å². The van der Waals surface area contributed by atoms with Crippen molar-refractivity contribution >= 4 is 40.7 Å². The molecule has 0 aromatic heterocycles. The fourth-order valence-electron chi connectivity index (χ4n) is 6.93. The van der Waals surface area contributed by atoms with Crippen LogP contribution >= 0.6 is 11.6 Å². The van der Waals surface area contributed by atoms with Crippen LogP contribution in [-0.4, -0.2) is 36.5 Å². The van der Waals surface area contributed by atoms with E-state index < -0.39 is 23.4 Å². The zero-order valence-corrected chi connectivity index (χ0v) is 22.3. The van der Waals surface area contributed by atoms with Gasteiger partial charge in [0, 0.05) is 33.3 Å². The van der Waals surface area contributed by atoms with E-state index in [9.17, 15) is 14.4 Å². The summed E-state index contributed by atoms with van der Waals surface area (Å²) in [6.45, 7) is 0. The summed E-state index contributed by atoms with van der Waals surface area (Å²) < 4.78 is 5.43. The minimum atomic E-state index is -1.53. The molecule has 7 rings (SSSR count). The van der Waals surface area contributed by atoms with Crippen molar-refractivity contribution in [1.29, 1.82) is 0 Å². The minimum Gasteiger partial charge on any atom is -0.497 e. The number of halogens is 1. The number of methoxy groups -OCH3 is 1. The van der Waals surface area contributed by atoms with Gasteiger partial charge in [0.15, 0.2) is 17.3 Å². The highest BCUT2D eigenvalue weighted by Crippen LogP contribution is 2.61. The maximum absolute atomic E-state index is 14.7. The molecule has 1 unspecified atom stereocenters. The Bertz CT molecular complexity index is 1710. The Labute approximate surface area is 236 Å². The monoisotopic (exact) mass is 545 g/mol. The van der Waals surface area contributed by atoms with Crippen LogP contribution in [0.15, 0.2) is 103 Å². The number of hydrogen-bond acceptors (Lipinski definition) is 5. The van der Waals surface area contributed by atoms with E-state index in [4.69, 9.17) is 16.3 Å². The predicted octanol–water partition coefficient (Wildman–Crippen LogP) is 6.66. The van der Waals surface area contributed by atoms with Gasteiger partial charge >= 0.3 is 0 Å². The number of hydrogen-bond donors (Lipinski definition) is 0. The molecular weight excluding hydrogens is 522 g/mol. The molecule has 196 valence electrons. The van der Waals surface area contributed by atoms with Crippen LogP contribution in [0.1, 0.15) is 48.1 Å². The summed E-state index contributed by atoms with van der Waals surface area (Å²) in [5.74, 6) is -0.893. The second-order valence-electron chi connectivity index (χ2n) is 10.4. The summed E-state index contributed by atoms with van der Waals surface area (Å²) in [7, 11) is 1.56. The molecule has 0 bridgehead atoms. The van der Waals surface area contributed by atoms with Gasteiger partial charge in [0.05, 0.1) is 13.2 Å². The fraction of sp³-hybridized carbons (Fsp3) is 0.147. The highest BCUT2D eigenvalue weighted by atomic mass is 35.5. The normalized spacial score (nSPS) is 21.8. The lowest BCUT2D eigenvalue weighted by atomic mass is 9.64. The number of ketones is 3. The molecule has 3 aliphatic rings. The van der Waals surface area contributed by atoms with Crippen molar-refractivity contribution in [3.8, 4) is 5.75 Å². The van der Waals surface area contributed by atoms with Crippen LogP contribution in [0.25, 0.3) is 6.08 Å². The lowest BCUT2D eigenvalue weighted by molar-refractivity contribution is 0.0666. The molecule has 3 atom stereocenters. The first kappa shape index (κ1) is 24.6. The van der Waals surface area contributed by atoms with Crippen molar-refractivity contribution in [2.24, 2.45) is 5.41 Å². The van der Waals surface area contributed by atoms with Crippen LogP contribution in [0.5, 0.6) is 5.75 Å². The number of Topliss-reactive ketones (excluding diaryl/α,β-unsaturated/α-hetero) is 3. The maximum atomic E-state index is 14.7. The molecule has 40 heavy (non-hydrogen) atoms. The number of carbonyl (C=O) groups excluding carboxylic acids is 3. The highest BCUT2D eigenvalue weighted by molar-refractivity contribution is 6.32. The largest absolute Gasteiger partial charge is 0.497 e. The van der Waals surface area contributed by atoms with Gasteiger partial charge in [0.25, 0.3) is 0 Å². The highest BCUT2D eigenvalue weighted by Gasteiger charge is 2.71. The number of ether oxygens (including phenoxy) is 1. The summed E-state index contributed by atoms with van der Waals surface area (Å²) in [6, 6.07) is 27.4. The molecule has 0 amide bonds. The molecule has 2 aliphatic heterocycles. The summed E-state index contributed by atoms with van der Waals surface area (Å²) >= 11 is 6.36. The molecule has 5 nitrogen and oxygen atoms in total. The summed E-state index contributed by atoms with van der Waals surface area (Å²) in [4.78, 5) is 45.9.